The van der Waals surface area contributed by atoms with Crippen LogP contribution < -0.4 is 4.74 Å². The lowest BCUT2D eigenvalue weighted by atomic mass is 9.75. The molecule has 1 saturated carbocycles. The number of nitrogens with zero attached hydrogens (tertiary/aromatic N) is 2. The molecular formula is C22H30N2O4S. The van der Waals surface area contributed by atoms with Crippen LogP contribution in [0.25, 0.3) is 11.5 Å². The third-order valence-electron chi connectivity index (χ3n) is 5.38. The van der Waals surface area contributed by atoms with E-state index in [9.17, 15) is 4.79 Å². The van der Waals surface area contributed by atoms with Crippen molar-refractivity contribution in [3.05, 3.63) is 24.3 Å². The number of aromatic nitrogens is 2. The molecule has 1 aromatic heterocycles. The fourth-order valence-electron chi connectivity index (χ4n) is 3.82. The van der Waals surface area contributed by atoms with E-state index in [0.717, 1.165) is 24.2 Å². The van der Waals surface area contributed by atoms with Crippen LogP contribution in [0.15, 0.2) is 33.9 Å². The van der Waals surface area contributed by atoms with Gasteiger partial charge in [-0.05, 0) is 61.8 Å². The molecule has 6 nitrogen and oxygen atoms in total. The molecule has 0 unspecified atom stereocenters. The number of esters is 1. The highest BCUT2D eigenvalue weighted by Crippen LogP contribution is 2.35. The van der Waals surface area contributed by atoms with Gasteiger partial charge in [-0.1, -0.05) is 39.0 Å². The van der Waals surface area contributed by atoms with Crippen molar-refractivity contribution in [2.75, 3.05) is 12.4 Å². The van der Waals surface area contributed by atoms with Crippen molar-refractivity contribution in [2.45, 2.75) is 58.3 Å². The third kappa shape index (κ3) is 5.98. The Balaban J connectivity index is 1.53. The molecule has 0 N–H and O–H groups in total. The van der Waals surface area contributed by atoms with Gasteiger partial charge in [0.25, 0.3) is 5.22 Å². The molecule has 0 aliphatic heterocycles. The van der Waals surface area contributed by atoms with Crippen LogP contribution in [0, 0.1) is 17.8 Å². The van der Waals surface area contributed by atoms with E-state index in [1.165, 1.54) is 18.2 Å². The lowest BCUT2D eigenvalue weighted by Crippen LogP contribution is -2.36. The zero-order chi connectivity index (χ0) is 20.8. The smallest absolute Gasteiger partial charge is 0.316 e. The van der Waals surface area contributed by atoms with E-state index in [2.05, 4.69) is 31.0 Å². The quantitative estimate of drug-likeness (QED) is 0.429. The van der Waals surface area contributed by atoms with Gasteiger partial charge in [0.1, 0.15) is 17.6 Å². The van der Waals surface area contributed by atoms with Gasteiger partial charge >= 0.3 is 5.97 Å². The number of hydrogen-bond donors (Lipinski definition) is 0. The van der Waals surface area contributed by atoms with Crippen LogP contribution in [0.2, 0.25) is 0 Å². The zero-order valence-electron chi connectivity index (χ0n) is 17.6. The van der Waals surface area contributed by atoms with Gasteiger partial charge in [0.2, 0.25) is 5.89 Å². The normalized spacial score (nSPS) is 21.9. The number of hydrogen-bond acceptors (Lipinski definition) is 7. The molecule has 1 aliphatic carbocycles. The Kier molecular flexibility index (Phi) is 7.58. The summed E-state index contributed by atoms with van der Waals surface area (Å²) >= 11 is 1.21. The van der Waals surface area contributed by atoms with Crippen LogP contribution in [0.4, 0.5) is 0 Å². The number of ether oxygens (including phenoxy) is 2. The van der Waals surface area contributed by atoms with Crippen molar-refractivity contribution < 1.29 is 18.7 Å². The summed E-state index contributed by atoms with van der Waals surface area (Å²) in [6.45, 7) is 9.20. The number of thioether (sulfide) groups is 1. The summed E-state index contributed by atoms with van der Waals surface area (Å²) in [5, 5.41) is 8.47. The van der Waals surface area contributed by atoms with Gasteiger partial charge < -0.3 is 13.9 Å². The molecule has 0 saturated heterocycles. The predicted molar refractivity (Wildman–Crippen MR) is 113 cm³/mol. The van der Waals surface area contributed by atoms with Crippen molar-refractivity contribution in [2.24, 2.45) is 17.8 Å². The van der Waals surface area contributed by atoms with Crippen LogP contribution in [-0.4, -0.2) is 34.6 Å². The predicted octanol–water partition coefficient (Wildman–Crippen LogP) is 5.23. The van der Waals surface area contributed by atoms with E-state index in [1.807, 2.05) is 31.2 Å². The SMILES string of the molecule is CCOc1ccc(-c2nnc(SCC(=O)O[C@@H]3C[C@H](C)CC[C@@H]3C(C)C)o2)cc1. The van der Waals surface area contributed by atoms with E-state index < -0.39 is 0 Å². The van der Waals surface area contributed by atoms with Crippen LogP contribution in [0.3, 0.4) is 0 Å². The van der Waals surface area contributed by atoms with Crippen molar-refractivity contribution in [1.82, 2.24) is 10.2 Å². The molecule has 2 aromatic rings. The van der Waals surface area contributed by atoms with Crippen molar-refractivity contribution in [1.29, 1.82) is 0 Å². The van der Waals surface area contributed by atoms with E-state index in [4.69, 9.17) is 13.9 Å². The molecule has 1 aliphatic rings. The van der Waals surface area contributed by atoms with Gasteiger partial charge in [0, 0.05) is 5.56 Å². The topological polar surface area (TPSA) is 74.5 Å². The molecule has 0 radical (unpaired) electrons. The molecule has 1 aromatic carbocycles. The molecule has 3 rings (SSSR count). The summed E-state index contributed by atoms with van der Waals surface area (Å²) < 4.78 is 16.9. The highest BCUT2D eigenvalue weighted by molar-refractivity contribution is 7.99. The summed E-state index contributed by atoms with van der Waals surface area (Å²) in [6.07, 6.45) is 3.29. The summed E-state index contributed by atoms with van der Waals surface area (Å²) in [4.78, 5) is 12.4. The number of benzene rings is 1. The Bertz CT molecular complexity index is 790. The maximum Gasteiger partial charge on any atom is 0.316 e. The van der Waals surface area contributed by atoms with E-state index in [1.54, 1.807) is 0 Å². The Morgan fingerprint density at radius 1 is 1.24 bits per heavy atom. The molecule has 1 heterocycles. The summed E-state index contributed by atoms with van der Waals surface area (Å²) in [6, 6.07) is 7.47. The largest absolute Gasteiger partial charge is 0.494 e. The second kappa shape index (κ2) is 10.1. The van der Waals surface area contributed by atoms with Gasteiger partial charge in [-0.2, -0.15) is 0 Å². The molecule has 3 atom stereocenters. The molecule has 29 heavy (non-hydrogen) atoms. The fraction of sp³-hybridized carbons (Fsp3) is 0.591. The number of carbonyl (C=O) groups excluding carboxylic acids is 1. The number of carbonyl (C=O) groups is 1. The van der Waals surface area contributed by atoms with Crippen LogP contribution in [0.1, 0.15) is 47.0 Å². The first-order valence-corrected chi connectivity index (χ1v) is 11.3. The summed E-state index contributed by atoms with van der Waals surface area (Å²) in [7, 11) is 0. The second-order valence-electron chi connectivity index (χ2n) is 7.97. The highest BCUT2D eigenvalue weighted by atomic mass is 32.2. The Morgan fingerprint density at radius 3 is 2.69 bits per heavy atom. The minimum atomic E-state index is -0.222. The van der Waals surface area contributed by atoms with Gasteiger partial charge in [-0.3, -0.25) is 4.79 Å². The Hall–Kier alpha value is -2.02. The van der Waals surface area contributed by atoms with Gasteiger partial charge in [-0.25, -0.2) is 0 Å². The van der Waals surface area contributed by atoms with Crippen LogP contribution >= 0.6 is 11.8 Å². The minimum absolute atomic E-state index is 0.00829. The molecular weight excluding hydrogens is 388 g/mol. The Morgan fingerprint density at radius 2 is 2.00 bits per heavy atom. The molecule has 0 bridgehead atoms. The van der Waals surface area contributed by atoms with Gasteiger partial charge in [0.05, 0.1) is 6.61 Å². The van der Waals surface area contributed by atoms with Gasteiger partial charge in [-0.15, -0.1) is 10.2 Å². The lowest BCUT2D eigenvalue weighted by molar-refractivity contribution is -0.152. The van der Waals surface area contributed by atoms with E-state index in [-0.39, 0.29) is 17.8 Å². The zero-order valence-corrected chi connectivity index (χ0v) is 18.4. The molecule has 0 spiro atoms. The second-order valence-corrected chi connectivity index (χ2v) is 8.90. The maximum atomic E-state index is 12.4. The van der Waals surface area contributed by atoms with Crippen LogP contribution in [-0.2, 0) is 9.53 Å². The highest BCUT2D eigenvalue weighted by Gasteiger charge is 2.33. The molecule has 1 fully saturated rings. The molecule has 7 heteroatoms. The summed E-state index contributed by atoms with van der Waals surface area (Å²) in [5.74, 6) is 2.72. The maximum absolute atomic E-state index is 12.4. The first-order valence-electron chi connectivity index (χ1n) is 10.3. The van der Waals surface area contributed by atoms with Crippen molar-refractivity contribution in [3.8, 4) is 17.2 Å². The lowest BCUT2D eigenvalue weighted by Gasteiger charge is -2.36. The Labute approximate surface area is 176 Å². The van der Waals surface area contributed by atoms with Gasteiger partial charge in [0.15, 0.2) is 0 Å². The van der Waals surface area contributed by atoms with Crippen LogP contribution in [0.5, 0.6) is 5.75 Å². The third-order valence-corrected chi connectivity index (χ3v) is 6.17. The average Bonchev–Trinajstić information content (AvgIpc) is 3.16. The fourth-order valence-corrected chi connectivity index (χ4v) is 4.36. The van der Waals surface area contributed by atoms with E-state index in [0.29, 0.717) is 35.5 Å². The van der Waals surface area contributed by atoms with Crippen molar-refractivity contribution >= 4 is 17.7 Å². The van der Waals surface area contributed by atoms with E-state index >= 15 is 0 Å². The first kappa shape index (κ1) is 21.7. The summed E-state index contributed by atoms with van der Waals surface area (Å²) in [5.41, 5.74) is 0.811. The standard InChI is InChI=1S/C22H30N2O4S/c1-5-26-17-9-7-16(8-10-17)21-23-24-22(28-21)29-13-20(25)27-19-12-15(4)6-11-18(19)14(2)3/h7-10,14-15,18-19H,5-6,11-13H2,1-4H3/t15-,18-,19-/m1/s1. The minimum Gasteiger partial charge on any atom is -0.494 e. The molecule has 0 amide bonds. The molecule has 158 valence electrons. The first-order chi connectivity index (χ1) is 14.0. The monoisotopic (exact) mass is 418 g/mol. The number of rotatable bonds is 8. The van der Waals surface area contributed by atoms with Crippen molar-refractivity contribution in [3.63, 3.8) is 0 Å². The average molecular weight is 419 g/mol.